The Morgan fingerprint density at radius 1 is 0.581 bits per heavy atom. The number of aliphatic carboxylic acids is 2. The first-order valence-electron chi connectivity index (χ1n) is 10.8. The predicted octanol–water partition coefficient (Wildman–Crippen LogP) is 1.33. The summed E-state index contributed by atoms with van der Waals surface area (Å²) in [7, 11) is 0. The van der Waals surface area contributed by atoms with Gasteiger partial charge in [-0.15, -0.1) is 0 Å². The van der Waals surface area contributed by atoms with Crippen molar-refractivity contribution in [2.24, 2.45) is 0 Å². The Labute approximate surface area is 202 Å². The predicted molar refractivity (Wildman–Crippen MR) is 112 cm³/mol. The molecule has 0 bridgehead atoms. The summed E-state index contributed by atoms with van der Waals surface area (Å²) in [5.74, 6) is -2.99. The smallest absolute Gasteiger partial charge is 0.550 e. The van der Waals surface area contributed by atoms with Crippen LogP contribution in [-0.2, 0) is 40.9 Å². The van der Waals surface area contributed by atoms with Gasteiger partial charge in [-0.2, -0.15) is 0 Å². The fourth-order valence-electron chi connectivity index (χ4n) is 1.64. The number of unbranched alkanes of at least 4 members (excludes halogenated alkanes) is 4. The molecule has 0 unspecified atom stereocenters. The molecule has 0 aliphatic heterocycles. The molecule has 0 amide bonds. The minimum Gasteiger partial charge on any atom is -0.550 e. The van der Waals surface area contributed by atoms with Gasteiger partial charge < -0.3 is 30.0 Å². The van der Waals surface area contributed by atoms with E-state index in [1.54, 1.807) is 0 Å². The second-order valence-corrected chi connectivity index (χ2v) is 6.54. The van der Waals surface area contributed by atoms with Crippen LogP contribution in [-0.4, -0.2) is 46.9 Å². The molecule has 0 aliphatic rings. The van der Waals surface area contributed by atoms with E-state index in [9.17, 15) is 29.4 Å². The molecular weight excluding hydrogens is 440 g/mol. The second kappa shape index (κ2) is 36.3. The quantitative estimate of drug-likeness (QED) is 0.213. The van der Waals surface area contributed by atoms with Gasteiger partial charge in [0.05, 0.1) is 0 Å². The summed E-state index contributed by atoms with van der Waals surface area (Å²) in [4.78, 5) is 41.2. The number of ketones is 2. The zero-order chi connectivity index (χ0) is 24.2. The van der Waals surface area contributed by atoms with Crippen molar-refractivity contribution < 1.29 is 61.3 Å². The number of aliphatic hydroxyl groups is 2. The number of carboxylic acids is 2. The van der Waals surface area contributed by atoms with Crippen molar-refractivity contribution in [1.29, 1.82) is 0 Å². The van der Waals surface area contributed by atoms with Crippen LogP contribution in [0.15, 0.2) is 0 Å². The fraction of sp³-hybridized carbons (Fsp3) is 0.818. The topological polar surface area (TPSA) is 155 Å². The van der Waals surface area contributed by atoms with E-state index in [0.29, 0.717) is 26.1 Å². The van der Waals surface area contributed by atoms with E-state index in [2.05, 4.69) is 0 Å². The zero-order valence-electron chi connectivity index (χ0n) is 19.7. The number of rotatable bonds is 14. The summed E-state index contributed by atoms with van der Waals surface area (Å²) in [6, 6.07) is 0. The average molecular weight is 482 g/mol. The van der Waals surface area contributed by atoms with Gasteiger partial charge in [-0.25, -0.2) is 0 Å². The van der Waals surface area contributed by atoms with E-state index in [4.69, 9.17) is 10.2 Å². The molecule has 0 spiro atoms. The summed E-state index contributed by atoms with van der Waals surface area (Å²) in [5.41, 5.74) is 0. The Morgan fingerprint density at radius 3 is 1.00 bits per heavy atom. The van der Waals surface area contributed by atoms with E-state index in [1.165, 1.54) is 0 Å². The first kappa shape index (κ1) is 40.3. The Balaban J connectivity index is -0.000000106. The summed E-state index contributed by atoms with van der Waals surface area (Å²) in [5, 5.41) is 35.6. The largest absolute Gasteiger partial charge is 2.00 e. The summed E-state index contributed by atoms with van der Waals surface area (Å²) < 4.78 is 0. The van der Waals surface area contributed by atoms with Gasteiger partial charge in [0.25, 0.3) is 0 Å². The van der Waals surface area contributed by atoms with Crippen molar-refractivity contribution in [2.75, 3.05) is 13.2 Å². The van der Waals surface area contributed by atoms with Crippen molar-refractivity contribution in [3.63, 3.8) is 0 Å². The minimum atomic E-state index is -1.27. The van der Waals surface area contributed by atoms with Gasteiger partial charge in [0, 0.05) is 50.8 Å². The number of aliphatic hydroxyl groups excluding tert-OH is 2. The van der Waals surface area contributed by atoms with E-state index in [1.807, 2.05) is 27.7 Å². The number of hydrogen-bond acceptors (Lipinski definition) is 8. The fourth-order valence-corrected chi connectivity index (χ4v) is 1.64. The third-order valence-electron chi connectivity index (χ3n) is 3.25. The molecule has 0 aromatic carbocycles. The van der Waals surface area contributed by atoms with E-state index >= 15 is 0 Å². The van der Waals surface area contributed by atoms with Crippen molar-refractivity contribution in [3.05, 3.63) is 0 Å². The molecular formula is C22H42O8Ti. The number of Topliss-reactive ketones (excluding diaryl/α,β-unsaturated/α-hetero) is 2. The molecule has 0 fully saturated rings. The van der Waals surface area contributed by atoms with Gasteiger partial charge in [-0.1, -0.05) is 53.4 Å². The Kier molecular flexibility index (Phi) is 47.2. The van der Waals surface area contributed by atoms with Crippen LogP contribution < -0.4 is 10.2 Å². The molecule has 0 aromatic rings. The molecule has 0 saturated carbocycles. The van der Waals surface area contributed by atoms with Crippen LogP contribution in [0.25, 0.3) is 0 Å². The third-order valence-corrected chi connectivity index (χ3v) is 3.25. The van der Waals surface area contributed by atoms with E-state index < -0.39 is 24.8 Å². The SMILES string of the molecule is CCCCCC(=O)CC(=O)[O-].CCCCCC(=O)CC(=O)[O-].CCCO.CCCO.[Ti+2]. The van der Waals surface area contributed by atoms with Crippen LogP contribution in [0.2, 0.25) is 0 Å². The second-order valence-electron chi connectivity index (χ2n) is 6.54. The van der Waals surface area contributed by atoms with Gasteiger partial charge in [-0.05, 0) is 25.7 Å². The summed E-state index contributed by atoms with van der Waals surface area (Å²) >= 11 is 0. The van der Waals surface area contributed by atoms with Gasteiger partial charge in [-0.3, -0.25) is 9.59 Å². The molecule has 9 heteroatoms. The van der Waals surface area contributed by atoms with Crippen molar-refractivity contribution in [2.45, 2.75) is 105 Å². The van der Waals surface area contributed by atoms with Gasteiger partial charge in [0.1, 0.15) is 11.6 Å². The van der Waals surface area contributed by atoms with Crippen LogP contribution in [0.5, 0.6) is 0 Å². The molecule has 0 aromatic heterocycles. The first-order chi connectivity index (χ1) is 14.2. The van der Waals surface area contributed by atoms with Crippen LogP contribution in [0.3, 0.4) is 0 Å². The van der Waals surface area contributed by atoms with Crippen LogP contribution >= 0.6 is 0 Å². The van der Waals surface area contributed by atoms with Gasteiger partial charge in [0.15, 0.2) is 0 Å². The standard InChI is InChI=1S/2C8H14O3.2C3H8O.Ti/c2*1-2-3-4-5-7(9)6-8(10)11;2*1-2-3-4;/h2*2-6H2,1H3,(H,10,11);2*4H,2-3H2,1H3;/q;;;;+2/p-2. The molecule has 2 N–H and O–H groups in total. The van der Waals surface area contributed by atoms with Gasteiger partial charge in [0.2, 0.25) is 0 Å². The molecule has 0 atom stereocenters. The van der Waals surface area contributed by atoms with Crippen LogP contribution in [0, 0.1) is 0 Å². The van der Waals surface area contributed by atoms with Crippen molar-refractivity contribution >= 4 is 23.5 Å². The zero-order valence-corrected chi connectivity index (χ0v) is 21.3. The number of carbonyl (C=O) groups is 4. The number of carbonyl (C=O) groups excluding carboxylic acids is 4. The maximum atomic E-state index is 10.7. The number of carboxylic acid groups (broad SMARTS) is 2. The van der Waals surface area contributed by atoms with Crippen LogP contribution in [0.4, 0.5) is 0 Å². The van der Waals surface area contributed by atoms with Crippen molar-refractivity contribution in [1.82, 2.24) is 0 Å². The van der Waals surface area contributed by atoms with Crippen LogP contribution in [0.1, 0.15) is 105 Å². The third kappa shape index (κ3) is 58.5. The monoisotopic (exact) mass is 482 g/mol. The Bertz CT molecular complexity index is 372. The Hall–Kier alpha value is -1.09. The molecule has 0 heterocycles. The van der Waals surface area contributed by atoms with E-state index in [0.717, 1.165) is 51.4 Å². The normalized spacial score (nSPS) is 8.71. The molecule has 0 saturated heterocycles. The van der Waals surface area contributed by atoms with Crippen molar-refractivity contribution in [3.8, 4) is 0 Å². The number of hydrogen-bond donors (Lipinski definition) is 2. The minimum absolute atomic E-state index is 0. The summed E-state index contributed by atoms with van der Waals surface area (Å²) in [6.45, 7) is 8.56. The summed E-state index contributed by atoms with van der Waals surface area (Å²) in [6.07, 6.45) is 7.29. The maximum absolute atomic E-state index is 10.7. The molecule has 0 rings (SSSR count). The molecule has 31 heavy (non-hydrogen) atoms. The first-order valence-corrected chi connectivity index (χ1v) is 10.8. The maximum Gasteiger partial charge on any atom is 2.00 e. The molecule has 0 radical (unpaired) electrons. The molecule has 0 aliphatic carbocycles. The van der Waals surface area contributed by atoms with Gasteiger partial charge >= 0.3 is 21.7 Å². The Morgan fingerprint density at radius 2 is 0.839 bits per heavy atom. The molecule has 8 nitrogen and oxygen atoms in total. The van der Waals surface area contributed by atoms with E-state index in [-0.39, 0.29) is 33.3 Å². The molecule has 182 valence electrons. The average Bonchev–Trinajstić information content (AvgIpc) is 2.68.